The van der Waals surface area contributed by atoms with Crippen molar-refractivity contribution in [2.24, 2.45) is 5.92 Å². The number of benzene rings is 2. The Balaban J connectivity index is 2.61. The van der Waals surface area contributed by atoms with Gasteiger partial charge in [0.05, 0.1) is 0 Å². The quantitative estimate of drug-likeness (QED) is 0.394. The van der Waals surface area contributed by atoms with Crippen molar-refractivity contribution < 1.29 is 19.1 Å². The first-order chi connectivity index (χ1) is 17.7. The number of aryl methyl sites for hydroxylation is 3. The molecule has 0 saturated heterocycles. The van der Waals surface area contributed by atoms with Gasteiger partial charge in [-0.25, -0.2) is 4.79 Å². The highest BCUT2D eigenvalue weighted by atomic mass is 16.6. The van der Waals surface area contributed by atoms with Crippen molar-refractivity contribution in [1.82, 2.24) is 10.2 Å². The monoisotopic (exact) mass is 523 g/mol. The Morgan fingerprint density at radius 2 is 1.58 bits per heavy atom. The van der Waals surface area contributed by atoms with E-state index in [4.69, 9.17) is 4.74 Å². The third kappa shape index (κ3) is 8.07. The van der Waals surface area contributed by atoms with Crippen LogP contribution < -0.4 is 10.6 Å². The number of anilines is 1. The van der Waals surface area contributed by atoms with Crippen LogP contribution in [-0.2, 0) is 14.3 Å². The van der Waals surface area contributed by atoms with E-state index in [1.54, 1.807) is 25.7 Å². The van der Waals surface area contributed by atoms with E-state index in [-0.39, 0.29) is 23.8 Å². The van der Waals surface area contributed by atoms with Crippen molar-refractivity contribution in [3.05, 3.63) is 64.7 Å². The molecule has 3 unspecified atom stereocenters. The number of hydrogen-bond donors (Lipinski definition) is 2. The number of alkyl carbamates (subject to hydrolysis) is 1. The Labute approximate surface area is 228 Å². The molecule has 3 atom stereocenters. The highest BCUT2D eigenvalue weighted by Crippen LogP contribution is 2.31. The first-order valence-corrected chi connectivity index (χ1v) is 13.4. The molecule has 0 aliphatic carbocycles. The molecule has 2 aromatic carbocycles. The molecular weight excluding hydrogens is 478 g/mol. The Morgan fingerprint density at radius 3 is 2.13 bits per heavy atom. The van der Waals surface area contributed by atoms with Gasteiger partial charge in [-0.05, 0) is 84.1 Å². The zero-order valence-electron chi connectivity index (χ0n) is 24.6. The van der Waals surface area contributed by atoms with Crippen molar-refractivity contribution >= 4 is 23.6 Å². The lowest BCUT2D eigenvalue weighted by molar-refractivity contribution is -0.144. The van der Waals surface area contributed by atoms with E-state index in [1.807, 2.05) is 90.9 Å². The molecule has 2 aromatic rings. The van der Waals surface area contributed by atoms with Gasteiger partial charge in [-0.1, -0.05) is 62.2 Å². The van der Waals surface area contributed by atoms with Crippen LogP contribution in [-0.4, -0.2) is 40.5 Å². The van der Waals surface area contributed by atoms with Crippen molar-refractivity contribution in [3.63, 3.8) is 0 Å². The highest BCUT2D eigenvalue weighted by molar-refractivity contribution is 5.99. The largest absolute Gasteiger partial charge is 0.444 e. The van der Waals surface area contributed by atoms with Crippen LogP contribution in [0.1, 0.15) is 83.2 Å². The number of carbonyl (C=O) groups is 3. The van der Waals surface area contributed by atoms with Crippen LogP contribution in [0.15, 0.2) is 42.5 Å². The molecule has 0 heterocycles. The molecule has 0 saturated carbocycles. The summed E-state index contributed by atoms with van der Waals surface area (Å²) in [5.41, 5.74) is 3.54. The number of nitrogens with one attached hydrogen (secondary N) is 2. The number of hydrogen-bond acceptors (Lipinski definition) is 4. The van der Waals surface area contributed by atoms with Crippen LogP contribution in [0.2, 0.25) is 0 Å². The molecule has 2 N–H and O–H groups in total. The third-order valence-electron chi connectivity index (χ3n) is 6.62. The number of rotatable bonds is 9. The first-order valence-electron chi connectivity index (χ1n) is 13.4. The van der Waals surface area contributed by atoms with Gasteiger partial charge in [0.25, 0.3) is 5.91 Å². The summed E-state index contributed by atoms with van der Waals surface area (Å²) >= 11 is 0. The molecule has 0 aromatic heterocycles. The second-order valence-corrected chi connectivity index (χ2v) is 11.4. The van der Waals surface area contributed by atoms with E-state index < -0.39 is 23.8 Å². The second kappa shape index (κ2) is 12.9. The van der Waals surface area contributed by atoms with E-state index in [0.717, 1.165) is 22.3 Å². The number of ether oxygens (including phenoxy) is 1. The second-order valence-electron chi connectivity index (χ2n) is 11.4. The molecule has 7 nitrogen and oxygen atoms in total. The van der Waals surface area contributed by atoms with Gasteiger partial charge in [-0.15, -0.1) is 0 Å². The van der Waals surface area contributed by atoms with Crippen LogP contribution in [0.5, 0.6) is 0 Å². The molecule has 2 rings (SSSR count). The molecule has 3 amide bonds. The Kier molecular flexibility index (Phi) is 10.5. The molecule has 7 heteroatoms. The lowest BCUT2D eigenvalue weighted by atomic mass is 9.92. The summed E-state index contributed by atoms with van der Waals surface area (Å²) in [6.45, 7) is 18.8. The topological polar surface area (TPSA) is 87.7 Å². The molecule has 0 aliphatic rings. The molecule has 0 bridgehead atoms. The first kappa shape index (κ1) is 30.9. The molecule has 0 radical (unpaired) electrons. The molecule has 0 aliphatic heterocycles. The standard InChI is InChI=1S/C31H45N3O4/c1-11-21(5)26(33-30(37)38-31(8,9)10)29(36)34(19(2)3)27(24-18-20(4)16-17-22(24)6)28(35)32-25-15-13-12-14-23(25)7/h12-19,21,26-27H,11H2,1-10H3,(H,32,35)(H,33,37). The van der Waals surface area contributed by atoms with Crippen LogP contribution >= 0.6 is 0 Å². The zero-order valence-corrected chi connectivity index (χ0v) is 24.6. The lowest BCUT2D eigenvalue weighted by Crippen LogP contribution is -2.56. The third-order valence-corrected chi connectivity index (χ3v) is 6.62. The van der Waals surface area contributed by atoms with E-state index in [9.17, 15) is 14.4 Å². The summed E-state index contributed by atoms with van der Waals surface area (Å²) < 4.78 is 5.47. The summed E-state index contributed by atoms with van der Waals surface area (Å²) in [5.74, 6) is -0.823. The van der Waals surface area contributed by atoms with E-state index in [0.29, 0.717) is 12.1 Å². The molecule has 0 fully saturated rings. The predicted octanol–water partition coefficient (Wildman–Crippen LogP) is 6.47. The number of carbonyl (C=O) groups excluding carboxylic acids is 3. The maximum atomic E-state index is 14.3. The van der Waals surface area contributed by atoms with Crippen molar-refractivity contribution in [3.8, 4) is 0 Å². The van der Waals surface area contributed by atoms with Crippen molar-refractivity contribution in [2.75, 3.05) is 5.32 Å². The average molecular weight is 524 g/mol. The molecular formula is C31H45N3O4. The highest BCUT2D eigenvalue weighted by Gasteiger charge is 2.40. The zero-order chi connectivity index (χ0) is 28.8. The van der Waals surface area contributed by atoms with Gasteiger partial charge >= 0.3 is 6.09 Å². The fourth-order valence-corrected chi connectivity index (χ4v) is 4.34. The summed E-state index contributed by atoms with van der Waals surface area (Å²) in [5, 5.41) is 5.86. The Morgan fingerprint density at radius 1 is 0.947 bits per heavy atom. The summed E-state index contributed by atoms with van der Waals surface area (Å²) in [6.07, 6.45) is -0.00527. The van der Waals surface area contributed by atoms with Gasteiger partial charge in [0, 0.05) is 11.7 Å². The minimum atomic E-state index is -0.908. The van der Waals surface area contributed by atoms with E-state index in [2.05, 4.69) is 10.6 Å². The summed E-state index contributed by atoms with van der Waals surface area (Å²) in [7, 11) is 0. The Bertz CT molecular complexity index is 1140. The number of nitrogens with zero attached hydrogens (tertiary/aromatic N) is 1. The van der Waals surface area contributed by atoms with Gasteiger partial charge in [0.15, 0.2) is 0 Å². The minimum Gasteiger partial charge on any atom is -0.444 e. The maximum Gasteiger partial charge on any atom is 0.408 e. The maximum absolute atomic E-state index is 14.3. The Hall–Kier alpha value is -3.35. The van der Waals surface area contributed by atoms with Gasteiger partial charge in [-0.2, -0.15) is 0 Å². The van der Waals surface area contributed by atoms with Crippen LogP contribution in [0.3, 0.4) is 0 Å². The van der Waals surface area contributed by atoms with E-state index in [1.165, 1.54) is 0 Å². The number of para-hydroxylation sites is 1. The van der Waals surface area contributed by atoms with Gasteiger partial charge in [0.2, 0.25) is 5.91 Å². The van der Waals surface area contributed by atoms with Crippen LogP contribution in [0.25, 0.3) is 0 Å². The smallest absolute Gasteiger partial charge is 0.408 e. The lowest BCUT2D eigenvalue weighted by Gasteiger charge is -2.39. The van der Waals surface area contributed by atoms with Gasteiger partial charge < -0.3 is 20.3 Å². The van der Waals surface area contributed by atoms with Gasteiger partial charge in [-0.3, -0.25) is 9.59 Å². The van der Waals surface area contributed by atoms with Crippen molar-refractivity contribution in [1.29, 1.82) is 0 Å². The number of amides is 3. The fraction of sp³-hybridized carbons (Fsp3) is 0.516. The molecule has 0 spiro atoms. The summed E-state index contributed by atoms with van der Waals surface area (Å²) in [6, 6.07) is 11.4. The van der Waals surface area contributed by atoms with Crippen LogP contribution in [0.4, 0.5) is 10.5 Å². The van der Waals surface area contributed by atoms with Crippen LogP contribution in [0, 0.1) is 26.7 Å². The minimum absolute atomic E-state index is 0.185. The van der Waals surface area contributed by atoms with Crippen molar-refractivity contribution in [2.45, 2.75) is 99.4 Å². The summed E-state index contributed by atoms with van der Waals surface area (Å²) in [4.78, 5) is 42.7. The average Bonchev–Trinajstić information content (AvgIpc) is 2.81. The predicted molar refractivity (Wildman–Crippen MR) is 153 cm³/mol. The molecule has 38 heavy (non-hydrogen) atoms. The fourth-order valence-electron chi connectivity index (χ4n) is 4.34. The van der Waals surface area contributed by atoms with Gasteiger partial charge in [0.1, 0.15) is 17.7 Å². The SMILES string of the molecule is CCC(C)C(NC(=O)OC(C)(C)C)C(=O)N(C(C)C)C(C(=O)Nc1ccccc1C)c1cc(C)ccc1C. The van der Waals surface area contributed by atoms with E-state index >= 15 is 0 Å². The molecule has 208 valence electrons. The normalized spacial score (nSPS) is 13.9.